The molecule has 0 aliphatic rings. The second-order valence-electron chi connectivity index (χ2n) is 3.00. The molecule has 1 rings (SSSR count). The van der Waals surface area contributed by atoms with Crippen LogP contribution in [0, 0.1) is 13.8 Å². The van der Waals surface area contributed by atoms with E-state index in [9.17, 15) is 0 Å². The van der Waals surface area contributed by atoms with E-state index in [4.69, 9.17) is 0 Å². The summed E-state index contributed by atoms with van der Waals surface area (Å²) in [6, 6.07) is 0. The van der Waals surface area contributed by atoms with Gasteiger partial charge in [0.25, 0.3) is 0 Å². The Labute approximate surface area is 79.6 Å². The summed E-state index contributed by atoms with van der Waals surface area (Å²) in [5.41, 5.74) is 3.51. The highest BCUT2D eigenvalue weighted by Crippen LogP contribution is 2.14. The zero-order valence-corrected chi connectivity index (χ0v) is 8.54. The maximum atomic E-state index is 4.41. The summed E-state index contributed by atoms with van der Waals surface area (Å²) in [4.78, 5) is 0. The molecule has 70 valence electrons. The third-order valence-electron chi connectivity index (χ3n) is 2.14. The molecular weight excluding hydrogens is 160 g/mol. The highest BCUT2D eigenvalue weighted by atomic mass is 15.3. The number of aromatic nitrogens is 2. The largest absolute Gasteiger partial charge is 0.269 e. The van der Waals surface area contributed by atoms with Crippen molar-refractivity contribution in [3.63, 3.8) is 0 Å². The van der Waals surface area contributed by atoms with Gasteiger partial charge >= 0.3 is 0 Å². The summed E-state index contributed by atoms with van der Waals surface area (Å²) < 4.78 is 2.01. The first-order chi connectivity index (χ1) is 6.20. The van der Waals surface area contributed by atoms with Gasteiger partial charge in [-0.1, -0.05) is 24.8 Å². The number of aryl methyl sites for hydroxylation is 2. The molecular formula is C11H16N2. The molecule has 0 saturated heterocycles. The minimum absolute atomic E-state index is 0.925. The van der Waals surface area contributed by atoms with Gasteiger partial charge in [0, 0.05) is 17.8 Å². The van der Waals surface area contributed by atoms with Crippen LogP contribution in [-0.4, -0.2) is 9.78 Å². The van der Waals surface area contributed by atoms with Gasteiger partial charge in [-0.05, 0) is 20.8 Å². The molecule has 1 aromatic rings. The van der Waals surface area contributed by atoms with Crippen LogP contribution in [0.5, 0.6) is 0 Å². The van der Waals surface area contributed by atoms with Crippen molar-refractivity contribution in [3.05, 3.63) is 35.7 Å². The van der Waals surface area contributed by atoms with E-state index in [0.29, 0.717) is 0 Å². The first-order valence-electron chi connectivity index (χ1n) is 4.53. The lowest BCUT2D eigenvalue weighted by Gasteiger charge is -1.97. The van der Waals surface area contributed by atoms with E-state index in [0.717, 1.165) is 12.2 Å². The van der Waals surface area contributed by atoms with E-state index in [1.165, 1.54) is 11.3 Å². The summed E-state index contributed by atoms with van der Waals surface area (Å²) in [5, 5.41) is 4.41. The molecule has 13 heavy (non-hydrogen) atoms. The molecule has 2 nitrogen and oxygen atoms in total. The van der Waals surface area contributed by atoms with E-state index in [1.54, 1.807) is 6.08 Å². The Hall–Kier alpha value is -1.31. The summed E-state index contributed by atoms with van der Waals surface area (Å²) in [7, 11) is 0. The molecule has 0 fully saturated rings. The third-order valence-corrected chi connectivity index (χ3v) is 2.14. The highest BCUT2D eigenvalue weighted by molar-refractivity contribution is 5.55. The monoisotopic (exact) mass is 176 g/mol. The maximum absolute atomic E-state index is 4.41. The molecule has 0 aliphatic carbocycles. The van der Waals surface area contributed by atoms with Crippen molar-refractivity contribution in [2.24, 2.45) is 0 Å². The van der Waals surface area contributed by atoms with Crippen molar-refractivity contribution >= 4 is 6.08 Å². The minimum atomic E-state index is 0.925. The Bertz CT molecular complexity index is 332. The lowest BCUT2D eigenvalue weighted by molar-refractivity contribution is 0.634. The Balaban J connectivity index is 3.12. The Morgan fingerprint density at radius 2 is 2.15 bits per heavy atom. The van der Waals surface area contributed by atoms with Crippen molar-refractivity contribution in [2.45, 2.75) is 27.3 Å². The molecule has 0 N–H and O–H groups in total. The predicted octanol–water partition coefficient (Wildman–Crippen LogP) is 2.72. The zero-order valence-electron chi connectivity index (χ0n) is 8.54. The number of hydrogen-bond donors (Lipinski definition) is 0. The third kappa shape index (κ3) is 1.89. The molecule has 0 bridgehead atoms. The Kier molecular flexibility index (Phi) is 3.07. The molecule has 0 spiro atoms. The SMILES string of the molecule is C=C/C=C/c1c(C)nn(CC)c1C. The number of hydrogen-bond acceptors (Lipinski definition) is 1. The number of nitrogens with zero attached hydrogens (tertiary/aromatic N) is 2. The van der Waals surface area contributed by atoms with Gasteiger partial charge in [0.1, 0.15) is 0 Å². The van der Waals surface area contributed by atoms with E-state index in [1.807, 2.05) is 17.7 Å². The van der Waals surface area contributed by atoms with Gasteiger partial charge in [-0.3, -0.25) is 4.68 Å². The Morgan fingerprint density at radius 3 is 2.62 bits per heavy atom. The lowest BCUT2D eigenvalue weighted by Crippen LogP contribution is -1.98. The first-order valence-corrected chi connectivity index (χ1v) is 4.53. The predicted molar refractivity (Wildman–Crippen MR) is 56.6 cm³/mol. The summed E-state index contributed by atoms with van der Waals surface area (Å²) in [5.74, 6) is 0. The quantitative estimate of drug-likeness (QED) is 0.647. The molecule has 0 saturated carbocycles. The van der Waals surface area contributed by atoms with Gasteiger partial charge in [-0.25, -0.2) is 0 Å². The smallest absolute Gasteiger partial charge is 0.0668 e. The van der Waals surface area contributed by atoms with E-state index < -0.39 is 0 Å². The van der Waals surface area contributed by atoms with E-state index in [-0.39, 0.29) is 0 Å². The highest BCUT2D eigenvalue weighted by Gasteiger charge is 2.06. The molecule has 1 heterocycles. The molecule has 1 aromatic heterocycles. The van der Waals surface area contributed by atoms with Crippen molar-refractivity contribution < 1.29 is 0 Å². The normalized spacial score (nSPS) is 11.0. The van der Waals surface area contributed by atoms with Gasteiger partial charge in [0.15, 0.2) is 0 Å². The van der Waals surface area contributed by atoms with E-state index >= 15 is 0 Å². The molecule has 0 atom stereocenters. The topological polar surface area (TPSA) is 17.8 Å². The summed E-state index contributed by atoms with van der Waals surface area (Å²) in [6.45, 7) is 10.8. The van der Waals surface area contributed by atoms with Crippen LogP contribution >= 0.6 is 0 Å². The van der Waals surface area contributed by atoms with Crippen molar-refractivity contribution in [3.8, 4) is 0 Å². The number of allylic oxidation sites excluding steroid dienone is 2. The van der Waals surface area contributed by atoms with Gasteiger partial charge in [-0.2, -0.15) is 5.10 Å². The number of rotatable bonds is 3. The maximum Gasteiger partial charge on any atom is 0.0668 e. The van der Waals surface area contributed by atoms with Crippen LogP contribution in [0.2, 0.25) is 0 Å². The summed E-state index contributed by atoms with van der Waals surface area (Å²) >= 11 is 0. The molecule has 2 heteroatoms. The first kappa shape index (κ1) is 9.78. The lowest BCUT2D eigenvalue weighted by atomic mass is 10.2. The average molecular weight is 176 g/mol. The minimum Gasteiger partial charge on any atom is -0.269 e. The summed E-state index contributed by atoms with van der Waals surface area (Å²) in [6.07, 6.45) is 5.77. The second kappa shape index (κ2) is 4.08. The van der Waals surface area contributed by atoms with Crippen LogP contribution in [0.4, 0.5) is 0 Å². The van der Waals surface area contributed by atoms with Crippen LogP contribution < -0.4 is 0 Å². The van der Waals surface area contributed by atoms with Crippen LogP contribution in [0.3, 0.4) is 0 Å². The Morgan fingerprint density at radius 1 is 1.46 bits per heavy atom. The van der Waals surface area contributed by atoms with Crippen molar-refractivity contribution in [2.75, 3.05) is 0 Å². The van der Waals surface area contributed by atoms with Crippen LogP contribution in [0.25, 0.3) is 6.08 Å². The van der Waals surface area contributed by atoms with Crippen molar-refractivity contribution in [1.82, 2.24) is 9.78 Å². The van der Waals surface area contributed by atoms with Gasteiger partial charge in [-0.15, -0.1) is 0 Å². The molecule has 0 unspecified atom stereocenters. The molecule has 0 aliphatic heterocycles. The second-order valence-corrected chi connectivity index (χ2v) is 3.00. The average Bonchev–Trinajstić information content (AvgIpc) is 2.39. The van der Waals surface area contributed by atoms with Gasteiger partial charge < -0.3 is 0 Å². The zero-order chi connectivity index (χ0) is 9.84. The fraction of sp³-hybridized carbons (Fsp3) is 0.364. The van der Waals surface area contributed by atoms with Crippen LogP contribution in [0.1, 0.15) is 23.9 Å². The van der Waals surface area contributed by atoms with Crippen LogP contribution in [0.15, 0.2) is 18.7 Å². The fourth-order valence-corrected chi connectivity index (χ4v) is 1.42. The van der Waals surface area contributed by atoms with Crippen molar-refractivity contribution in [1.29, 1.82) is 0 Å². The van der Waals surface area contributed by atoms with Gasteiger partial charge in [0.2, 0.25) is 0 Å². The van der Waals surface area contributed by atoms with Crippen LogP contribution in [-0.2, 0) is 6.54 Å². The molecule has 0 aromatic carbocycles. The standard InChI is InChI=1S/C11H16N2/c1-5-7-8-11-9(3)12-13(6-2)10(11)4/h5,7-8H,1,6H2,2-4H3/b8-7+. The van der Waals surface area contributed by atoms with Gasteiger partial charge in [0.05, 0.1) is 5.69 Å². The fourth-order valence-electron chi connectivity index (χ4n) is 1.42. The molecule has 0 amide bonds. The molecule has 0 radical (unpaired) electrons. The van der Waals surface area contributed by atoms with E-state index in [2.05, 4.69) is 31.6 Å².